The first kappa shape index (κ1) is 24.6. The Balaban J connectivity index is 1.16. The molecule has 2 aromatic heterocycles. The average molecular weight is 520 g/mol. The first-order chi connectivity index (χ1) is 19.1. The molecule has 1 saturated carbocycles. The molecule has 3 heterocycles. The number of fused-ring (bicyclic) bond motifs is 1. The number of nitrogen functional groups attached to an aromatic ring is 1. The van der Waals surface area contributed by atoms with Gasteiger partial charge in [-0.15, -0.1) is 0 Å². The largest absolute Gasteiger partial charge is 0.457 e. The number of nitriles is 1. The molecule has 1 amide bonds. The summed E-state index contributed by atoms with van der Waals surface area (Å²) in [4.78, 5) is 23.6. The molecule has 2 N–H and O–H groups in total. The Kier molecular flexibility index (Phi) is 6.68. The minimum absolute atomic E-state index is 0.0351. The average Bonchev–Trinajstić information content (AvgIpc) is 3.66. The zero-order valence-corrected chi connectivity index (χ0v) is 21.5. The second-order valence-corrected chi connectivity index (χ2v) is 10.2. The number of carbonyl (C=O) groups excluding carboxylic acids is 1. The Labute approximate surface area is 226 Å². The Hall–Kier alpha value is -4.71. The third-order valence-corrected chi connectivity index (χ3v) is 7.60. The smallest absolute Gasteiger partial charge is 0.226 e. The van der Waals surface area contributed by atoms with Crippen LogP contribution < -0.4 is 10.5 Å². The van der Waals surface area contributed by atoms with Gasteiger partial charge in [0.15, 0.2) is 5.65 Å². The van der Waals surface area contributed by atoms with Gasteiger partial charge in [0.1, 0.15) is 29.3 Å². The van der Waals surface area contributed by atoms with Crippen molar-refractivity contribution in [3.05, 3.63) is 73.1 Å². The molecule has 2 fully saturated rings. The molecule has 0 bridgehead atoms. The molecule has 9 nitrogen and oxygen atoms in total. The van der Waals surface area contributed by atoms with Crippen molar-refractivity contribution in [2.45, 2.75) is 25.8 Å². The molecule has 0 spiro atoms. The number of para-hydroxylation sites is 1. The molecule has 196 valence electrons. The van der Waals surface area contributed by atoms with Crippen molar-refractivity contribution in [1.29, 1.82) is 5.26 Å². The fourth-order valence-corrected chi connectivity index (χ4v) is 5.36. The van der Waals surface area contributed by atoms with E-state index in [0.717, 1.165) is 60.5 Å². The van der Waals surface area contributed by atoms with E-state index in [1.807, 2.05) is 76.3 Å². The second kappa shape index (κ2) is 10.6. The topological polar surface area (TPSA) is 123 Å². The standard InChI is InChI=1S/C30H29N7O2/c31-14-4-5-22-17-25(22)30(38)36-15-12-20(13-16-36)18-37-29-26(28(32)33-19-34-29)27(35-37)21-8-10-24(11-9-21)39-23-6-2-1-3-7-23/h1-11,19-20,22,25H,12-13,15-18H2,(H2,32,33,34). The van der Waals surface area contributed by atoms with E-state index in [2.05, 4.69) is 9.97 Å². The van der Waals surface area contributed by atoms with Crippen molar-refractivity contribution in [3.8, 4) is 28.8 Å². The van der Waals surface area contributed by atoms with Crippen molar-refractivity contribution < 1.29 is 9.53 Å². The maximum absolute atomic E-state index is 12.8. The maximum Gasteiger partial charge on any atom is 0.226 e. The summed E-state index contributed by atoms with van der Waals surface area (Å²) in [6, 6.07) is 19.4. The van der Waals surface area contributed by atoms with E-state index < -0.39 is 0 Å². The predicted octanol–water partition coefficient (Wildman–Crippen LogP) is 4.82. The van der Waals surface area contributed by atoms with Crippen molar-refractivity contribution in [2.75, 3.05) is 18.8 Å². The van der Waals surface area contributed by atoms with Gasteiger partial charge in [-0.05, 0) is 67.5 Å². The van der Waals surface area contributed by atoms with Crippen LogP contribution in [-0.2, 0) is 11.3 Å². The lowest BCUT2D eigenvalue weighted by atomic mass is 9.96. The van der Waals surface area contributed by atoms with Gasteiger partial charge in [-0.1, -0.05) is 24.3 Å². The number of likely N-dealkylation sites (tertiary alicyclic amines) is 1. The highest BCUT2D eigenvalue weighted by Crippen LogP contribution is 2.41. The van der Waals surface area contributed by atoms with Gasteiger partial charge in [0.05, 0.1) is 11.5 Å². The number of nitrogens with two attached hydrogens (primary N) is 1. The number of carbonyl (C=O) groups is 1. The van der Waals surface area contributed by atoms with Crippen LogP contribution in [0.4, 0.5) is 5.82 Å². The molecule has 1 aliphatic heterocycles. The van der Waals surface area contributed by atoms with Gasteiger partial charge in [0.25, 0.3) is 0 Å². The predicted molar refractivity (Wildman–Crippen MR) is 147 cm³/mol. The molecular formula is C30H29N7O2. The Morgan fingerprint density at radius 3 is 2.56 bits per heavy atom. The van der Waals surface area contributed by atoms with Gasteiger partial charge < -0.3 is 15.4 Å². The molecule has 2 atom stereocenters. The van der Waals surface area contributed by atoms with Crippen LogP contribution in [0.2, 0.25) is 0 Å². The van der Waals surface area contributed by atoms with E-state index in [-0.39, 0.29) is 17.7 Å². The number of hydrogen-bond acceptors (Lipinski definition) is 7. The number of aromatic nitrogens is 4. The van der Waals surface area contributed by atoms with Crippen molar-refractivity contribution in [1.82, 2.24) is 24.6 Å². The number of rotatable bonds is 7. The molecule has 2 unspecified atom stereocenters. The first-order valence-electron chi connectivity index (χ1n) is 13.3. The summed E-state index contributed by atoms with van der Waals surface area (Å²) in [5.41, 5.74) is 8.67. The fraction of sp³-hybridized carbons (Fsp3) is 0.300. The van der Waals surface area contributed by atoms with Gasteiger partial charge in [-0.25, -0.2) is 14.6 Å². The Morgan fingerprint density at radius 2 is 1.82 bits per heavy atom. The molecular weight excluding hydrogens is 490 g/mol. The number of anilines is 1. The molecule has 9 heteroatoms. The summed E-state index contributed by atoms with van der Waals surface area (Å²) in [5, 5.41) is 14.4. The minimum atomic E-state index is 0.0351. The summed E-state index contributed by atoms with van der Waals surface area (Å²) in [5.74, 6) is 2.75. The number of amides is 1. The molecule has 2 aromatic carbocycles. The molecule has 4 aromatic rings. The van der Waals surface area contributed by atoms with Crippen LogP contribution >= 0.6 is 0 Å². The third kappa shape index (κ3) is 5.18. The van der Waals surface area contributed by atoms with Gasteiger partial charge in [-0.2, -0.15) is 10.4 Å². The van der Waals surface area contributed by atoms with Crippen LogP contribution in [0, 0.1) is 29.1 Å². The number of piperidine rings is 1. The van der Waals surface area contributed by atoms with Gasteiger partial charge in [0, 0.05) is 37.2 Å². The van der Waals surface area contributed by atoms with Gasteiger partial charge in [-0.3, -0.25) is 4.79 Å². The van der Waals surface area contributed by atoms with Crippen LogP contribution in [0.5, 0.6) is 11.5 Å². The quantitative estimate of drug-likeness (QED) is 0.347. The molecule has 6 rings (SSSR count). The lowest BCUT2D eigenvalue weighted by Crippen LogP contribution is -2.40. The van der Waals surface area contributed by atoms with E-state index in [4.69, 9.17) is 20.8 Å². The molecule has 1 saturated heterocycles. The van der Waals surface area contributed by atoms with Crippen molar-refractivity contribution in [2.24, 2.45) is 17.8 Å². The highest BCUT2D eigenvalue weighted by Gasteiger charge is 2.43. The van der Waals surface area contributed by atoms with E-state index >= 15 is 0 Å². The van der Waals surface area contributed by atoms with Gasteiger partial charge >= 0.3 is 0 Å². The minimum Gasteiger partial charge on any atom is -0.457 e. The molecule has 0 radical (unpaired) electrons. The summed E-state index contributed by atoms with van der Waals surface area (Å²) >= 11 is 0. The summed E-state index contributed by atoms with van der Waals surface area (Å²) in [7, 11) is 0. The zero-order chi connectivity index (χ0) is 26.8. The van der Waals surface area contributed by atoms with Crippen LogP contribution in [0.3, 0.4) is 0 Å². The summed E-state index contributed by atoms with van der Waals surface area (Å²) in [6.07, 6.45) is 7.47. The Bertz CT molecular complexity index is 1550. The molecule has 1 aliphatic carbocycles. The number of hydrogen-bond donors (Lipinski definition) is 1. The highest BCUT2D eigenvalue weighted by molar-refractivity contribution is 5.98. The Morgan fingerprint density at radius 1 is 1.08 bits per heavy atom. The summed E-state index contributed by atoms with van der Waals surface area (Å²) in [6.45, 7) is 2.17. The van der Waals surface area contributed by atoms with Crippen LogP contribution in [0.1, 0.15) is 19.3 Å². The second-order valence-electron chi connectivity index (χ2n) is 10.2. The van der Waals surface area contributed by atoms with Crippen LogP contribution in [0.25, 0.3) is 22.3 Å². The van der Waals surface area contributed by atoms with Gasteiger partial charge in [0.2, 0.25) is 5.91 Å². The first-order valence-corrected chi connectivity index (χ1v) is 13.3. The SMILES string of the molecule is N#CC=CC1CC1C(=O)N1CCC(Cn2nc(-c3ccc(Oc4ccccc4)cc3)c3c(N)ncnc32)CC1. The van der Waals surface area contributed by atoms with E-state index in [0.29, 0.717) is 23.9 Å². The maximum atomic E-state index is 12.8. The van der Waals surface area contributed by atoms with Crippen molar-refractivity contribution >= 4 is 22.8 Å². The lowest BCUT2D eigenvalue weighted by Gasteiger charge is -2.32. The monoisotopic (exact) mass is 519 g/mol. The number of allylic oxidation sites excluding steroid dienone is 2. The van der Waals surface area contributed by atoms with E-state index in [1.54, 1.807) is 0 Å². The lowest BCUT2D eigenvalue weighted by molar-refractivity contribution is -0.134. The normalized spacial score (nSPS) is 19.3. The summed E-state index contributed by atoms with van der Waals surface area (Å²) < 4.78 is 7.87. The fourth-order valence-electron chi connectivity index (χ4n) is 5.36. The van der Waals surface area contributed by atoms with Crippen LogP contribution in [-0.4, -0.2) is 43.6 Å². The highest BCUT2D eigenvalue weighted by atomic mass is 16.5. The molecule has 2 aliphatic rings. The van der Waals surface area contributed by atoms with Crippen molar-refractivity contribution in [3.63, 3.8) is 0 Å². The van der Waals surface area contributed by atoms with E-state index in [1.165, 1.54) is 12.4 Å². The number of benzene rings is 2. The van der Waals surface area contributed by atoms with E-state index in [9.17, 15) is 4.79 Å². The molecule has 39 heavy (non-hydrogen) atoms. The number of ether oxygens (including phenoxy) is 1. The van der Waals surface area contributed by atoms with Crippen LogP contribution in [0.15, 0.2) is 73.1 Å². The zero-order valence-electron chi connectivity index (χ0n) is 21.5. The number of nitrogens with zero attached hydrogens (tertiary/aromatic N) is 6. The third-order valence-electron chi connectivity index (χ3n) is 7.60.